The van der Waals surface area contributed by atoms with Crippen molar-refractivity contribution in [3.8, 4) is 0 Å². The molecular formula is C12H20N4O. The molecule has 0 aromatic carbocycles. The van der Waals surface area contributed by atoms with Crippen LogP contribution >= 0.6 is 0 Å². The van der Waals surface area contributed by atoms with Crippen LogP contribution in [0.5, 0.6) is 0 Å². The van der Waals surface area contributed by atoms with Crippen LogP contribution < -0.4 is 10.6 Å². The van der Waals surface area contributed by atoms with Crippen LogP contribution in [0.15, 0.2) is 6.20 Å². The highest BCUT2D eigenvalue weighted by molar-refractivity contribution is 5.46. The summed E-state index contributed by atoms with van der Waals surface area (Å²) >= 11 is 0. The van der Waals surface area contributed by atoms with Crippen molar-refractivity contribution < 1.29 is 4.74 Å². The Morgan fingerprint density at radius 3 is 2.88 bits per heavy atom. The fourth-order valence-corrected chi connectivity index (χ4v) is 1.93. The van der Waals surface area contributed by atoms with Crippen molar-refractivity contribution in [2.24, 2.45) is 5.92 Å². The number of hydrogen-bond donors (Lipinski definition) is 2. The van der Waals surface area contributed by atoms with E-state index in [2.05, 4.69) is 20.6 Å². The molecule has 0 amide bonds. The van der Waals surface area contributed by atoms with Crippen molar-refractivity contribution >= 4 is 11.8 Å². The summed E-state index contributed by atoms with van der Waals surface area (Å²) in [4.78, 5) is 8.58. The summed E-state index contributed by atoms with van der Waals surface area (Å²) in [6, 6.07) is 0. The van der Waals surface area contributed by atoms with Crippen molar-refractivity contribution in [2.45, 2.75) is 19.8 Å². The van der Waals surface area contributed by atoms with E-state index >= 15 is 0 Å². The Balaban J connectivity index is 1.92. The fourth-order valence-electron chi connectivity index (χ4n) is 1.93. The van der Waals surface area contributed by atoms with Gasteiger partial charge in [0.25, 0.3) is 0 Å². The minimum Gasteiger partial charge on any atom is -0.381 e. The van der Waals surface area contributed by atoms with Crippen LogP contribution in [0.1, 0.15) is 18.4 Å². The van der Waals surface area contributed by atoms with Crippen molar-refractivity contribution in [3.63, 3.8) is 0 Å². The number of hydrogen-bond acceptors (Lipinski definition) is 5. The molecule has 1 saturated heterocycles. The third kappa shape index (κ3) is 3.30. The van der Waals surface area contributed by atoms with Crippen molar-refractivity contribution in [1.82, 2.24) is 9.97 Å². The standard InChI is InChI=1S/C12H20N4O/c1-9-7-15-12(13-2)16-11(9)14-8-10-3-5-17-6-4-10/h7,10H,3-6,8H2,1-2H3,(H2,13,14,15,16). The van der Waals surface area contributed by atoms with Gasteiger partial charge in [-0.05, 0) is 25.7 Å². The number of nitrogens with one attached hydrogen (secondary N) is 2. The number of aromatic nitrogens is 2. The zero-order valence-corrected chi connectivity index (χ0v) is 10.5. The molecule has 2 N–H and O–H groups in total. The third-order valence-electron chi connectivity index (χ3n) is 3.09. The van der Waals surface area contributed by atoms with Gasteiger partial charge in [-0.15, -0.1) is 0 Å². The lowest BCUT2D eigenvalue weighted by Gasteiger charge is -2.22. The lowest BCUT2D eigenvalue weighted by molar-refractivity contribution is 0.0699. The van der Waals surface area contributed by atoms with E-state index in [-0.39, 0.29) is 0 Å². The SMILES string of the molecule is CNc1ncc(C)c(NCC2CCOCC2)n1. The Morgan fingerprint density at radius 2 is 2.18 bits per heavy atom. The molecule has 0 spiro atoms. The Kier molecular flexibility index (Phi) is 4.14. The molecule has 0 aliphatic carbocycles. The van der Waals surface area contributed by atoms with Crippen LogP contribution in [0, 0.1) is 12.8 Å². The minimum absolute atomic E-state index is 0.657. The number of anilines is 2. The highest BCUT2D eigenvalue weighted by Gasteiger charge is 2.14. The maximum Gasteiger partial charge on any atom is 0.224 e. The van der Waals surface area contributed by atoms with E-state index in [9.17, 15) is 0 Å². The van der Waals surface area contributed by atoms with Crippen molar-refractivity contribution in [1.29, 1.82) is 0 Å². The summed E-state index contributed by atoms with van der Waals surface area (Å²) in [5, 5.41) is 6.36. The van der Waals surface area contributed by atoms with Crippen LogP contribution in [-0.2, 0) is 4.74 Å². The highest BCUT2D eigenvalue weighted by atomic mass is 16.5. The van der Waals surface area contributed by atoms with E-state index in [0.717, 1.165) is 44.0 Å². The first-order valence-corrected chi connectivity index (χ1v) is 6.12. The highest BCUT2D eigenvalue weighted by Crippen LogP contribution is 2.17. The zero-order chi connectivity index (χ0) is 12.1. The minimum atomic E-state index is 0.657. The molecule has 5 heteroatoms. The predicted molar refractivity (Wildman–Crippen MR) is 68.3 cm³/mol. The normalized spacial score (nSPS) is 16.8. The molecule has 94 valence electrons. The van der Waals surface area contributed by atoms with Gasteiger partial charge in [-0.25, -0.2) is 4.98 Å². The molecule has 1 aromatic heterocycles. The first kappa shape index (κ1) is 12.1. The molecular weight excluding hydrogens is 216 g/mol. The monoisotopic (exact) mass is 236 g/mol. The molecule has 0 radical (unpaired) electrons. The summed E-state index contributed by atoms with van der Waals surface area (Å²) in [5.41, 5.74) is 1.08. The first-order chi connectivity index (χ1) is 8.29. The number of ether oxygens (including phenoxy) is 1. The van der Waals surface area contributed by atoms with Gasteiger partial charge in [0, 0.05) is 38.6 Å². The Hall–Kier alpha value is -1.36. The number of aryl methyl sites for hydroxylation is 1. The average molecular weight is 236 g/mol. The quantitative estimate of drug-likeness (QED) is 0.832. The van der Waals surface area contributed by atoms with Crippen LogP contribution in [0.2, 0.25) is 0 Å². The third-order valence-corrected chi connectivity index (χ3v) is 3.09. The summed E-state index contributed by atoms with van der Waals surface area (Å²) in [6.07, 6.45) is 4.11. The van der Waals surface area contributed by atoms with Gasteiger partial charge in [-0.1, -0.05) is 0 Å². The van der Waals surface area contributed by atoms with Crippen LogP contribution in [0.25, 0.3) is 0 Å². The van der Waals surface area contributed by atoms with Gasteiger partial charge in [-0.2, -0.15) is 4.98 Å². The smallest absolute Gasteiger partial charge is 0.224 e. The van der Waals surface area contributed by atoms with Gasteiger partial charge < -0.3 is 15.4 Å². The van der Waals surface area contributed by atoms with Gasteiger partial charge in [0.05, 0.1) is 0 Å². The molecule has 0 saturated carbocycles. The largest absolute Gasteiger partial charge is 0.381 e. The maximum absolute atomic E-state index is 5.35. The van der Waals surface area contributed by atoms with Crippen LogP contribution in [0.4, 0.5) is 11.8 Å². The van der Waals surface area contributed by atoms with E-state index < -0.39 is 0 Å². The molecule has 0 unspecified atom stereocenters. The van der Waals surface area contributed by atoms with E-state index in [4.69, 9.17) is 4.74 Å². The van der Waals surface area contributed by atoms with E-state index in [1.807, 2.05) is 20.2 Å². The van der Waals surface area contributed by atoms with Gasteiger partial charge >= 0.3 is 0 Å². The molecule has 1 aliphatic heterocycles. The molecule has 17 heavy (non-hydrogen) atoms. The second-order valence-corrected chi connectivity index (χ2v) is 4.41. The molecule has 5 nitrogen and oxygen atoms in total. The van der Waals surface area contributed by atoms with Crippen LogP contribution in [-0.4, -0.2) is 36.8 Å². The van der Waals surface area contributed by atoms with Crippen LogP contribution in [0.3, 0.4) is 0 Å². The molecule has 0 atom stereocenters. The molecule has 0 bridgehead atoms. The van der Waals surface area contributed by atoms with Gasteiger partial charge in [-0.3, -0.25) is 0 Å². The lowest BCUT2D eigenvalue weighted by atomic mass is 10.0. The topological polar surface area (TPSA) is 59.1 Å². The summed E-state index contributed by atoms with van der Waals surface area (Å²) in [5.74, 6) is 2.28. The van der Waals surface area contributed by atoms with E-state index in [1.165, 1.54) is 0 Å². The Labute approximate surface area is 102 Å². The second kappa shape index (κ2) is 5.82. The maximum atomic E-state index is 5.35. The van der Waals surface area contributed by atoms with Gasteiger partial charge in [0.1, 0.15) is 5.82 Å². The van der Waals surface area contributed by atoms with E-state index in [1.54, 1.807) is 0 Å². The summed E-state index contributed by atoms with van der Waals surface area (Å²) in [6.45, 7) is 4.75. The number of nitrogens with zero attached hydrogens (tertiary/aromatic N) is 2. The second-order valence-electron chi connectivity index (χ2n) is 4.41. The molecule has 2 heterocycles. The summed E-state index contributed by atoms with van der Waals surface area (Å²) < 4.78 is 5.35. The molecule has 1 fully saturated rings. The van der Waals surface area contributed by atoms with Gasteiger partial charge in [0.15, 0.2) is 0 Å². The first-order valence-electron chi connectivity index (χ1n) is 6.12. The van der Waals surface area contributed by atoms with Crippen molar-refractivity contribution in [2.75, 3.05) is 37.4 Å². The predicted octanol–water partition coefficient (Wildman–Crippen LogP) is 1.67. The summed E-state index contributed by atoms with van der Waals surface area (Å²) in [7, 11) is 1.83. The van der Waals surface area contributed by atoms with Gasteiger partial charge in [0.2, 0.25) is 5.95 Å². The Bertz CT molecular complexity index is 364. The fraction of sp³-hybridized carbons (Fsp3) is 0.667. The van der Waals surface area contributed by atoms with E-state index in [0.29, 0.717) is 11.9 Å². The lowest BCUT2D eigenvalue weighted by Crippen LogP contribution is -2.23. The number of rotatable bonds is 4. The Morgan fingerprint density at radius 1 is 1.41 bits per heavy atom. The average Bonchev–Trinajstić information content (AvgIpc) is 2.39. The zero-order valence-electron chi connectivity index (χ0n) is 10.5. The van der Waals surface area contributed by atoms with Crippen molar-refractivity contribution in [3.05, 3.63) is 11.8 Å². The molecule has 1 aromatic rings. The molecule has 2 rings (SSSR count). The molecule has 1 aliphatic rings.